The predicted octanol–water partition coefficient (Wildman–Crippen LogP) is 2.69. The van der Waals surface area contributed by atoms with Gasteiger partial charge in [0.2, 0.25) is 0 Å². The maximum Gasteiger partial charge on any atom is 0.122 e. The van der Waals surface area contributed by atoms with Crippen LogP contribution in [-0.2, 0) is 20.0 Å². The number of aromatic nitrogens is 2. The average Bonchev–Trinajstić information content (AvgIpc) is 2.61. The molecule has 3 nitrogen and oxygen atoms in total. The molecule has 0 saturated heterocycles. The smallest absolute Gasteiger partial charge is 0.122 e. The number of hydrogen-bond donors (Lipinski definition) is 1. The molecule has 0 unspecified atom stereocenters. The maximum absolute atomic E-state index is 5.89. The summed E-state index contributed by atoms with van der Waals surface area (Å²) in [7, 11) is 3.99. The number of rotatable bonds is 4. The highest BCUT2D eigenvalue weighted by molar-refractivity contribution is 6.30. The fourth-order valence-corrected chi connectivity index (χ4v) is 2.10. The van der Waals surface area contributed by atoms with Gasteiger partial charge in [-0.25, -0.2) is 4.98 Å². The van der Waals surface area contributed by atoms with Gasteiger partial charge >= 0.3 is 0 Å². The minimum atomic E-state index is 0.771. The number of imidazole rings is 1. The Morgan fingerprint density at radius 2 is 1.94 bits per heavy atom. The first-order valence-corrected chi connectivity index (χ1v) is 6.39. The second-order valence-corrected chi connectivity index (χ2v) is 4.89. The molecule has 1 heterocycles. The van der Waals surface area contributed by atoms with Gasteiger partial charge in [0.25, 0.3) is 0 Å². The van der Waals surface area contributed by atoms with Gasteiger partial charge in [-0.15, -0.1) is 0 Å². The first-order chi connectivity index (χ1) is 8.61. The molecular weight excluding hydrogens is 246 g/mol. The fraction of sp³-hybridized carbons (Fsp3) is 0.357. The molecule has 1 aromatic carbocycles. The van der Waals surface area contributed by atoms with E-state index < -0.39 is 0 Å². The minimum absolute atomic E-state index is 0.771. The molecule has 4 heteroatoms. The second kappa shape index (κ2) is 5.55. The van der Waals surface area contributed by atoms with Gasteiger partial charge in [-0.1, -0.05) is 23.7 Å². The van der Waals surface area contributed by atoms with Crippen molar-refractivity contribution in [1.82, 2.24) is 14.9 Å². The Bertz CT molecular complexity index is 529. The molecule has 0 aliphatic rings. The first kappa shape index (κ1) is 13.1. The van der Waals surface area contributed by atoms with E-state index in [-0.39, 0.29) is 0 Å². The van der Waals surface area contributed by atoms with Crippen LogP contribution in [-0.4, -0.2) is 16.6 Å². The highest BCUT2D eigenvalue weighted by Crippen LogP contribution is 2.16. The Kier molecular flexibility index (Phi) is 4.04. The lowest BCUT2D eigenvalue weighted by Gasteiger charge is -2.02. The molecule has 2 aromatic rings. The topological polar surface area (TPSA) is 29.9 Å². The molecular formula is C14H18ClN3. The van der Waals surface area contributed by atoms with Crippen LogP contribution in [0.5, 0.6) is 0 Å². The van der Waals surface area contributed by atoms with Crippen LogP contribution in [0.3, 0.4) is 0 Å². The van der Waals surface area contributed by atoms with Crippen molar-refractivity contribution in [3.63, 3.8) is 0 Å². The Hall–Kier alpha value is -1.32. The quantitative estimate of drug-likeness (QED) is 0.919. The standard InChI is InChI=1S/C14H18ClN3/c1-10-13(17-14(9-16-2)18(10)3)8-11-4-6-12(15)7-5-11/h4-7,16H,8-9H2,1-3H3. The van der Waals surface area contributed by atoms with Crippen LogP contribution in [0, 0.1) is 6.92 Å². The third-order valence-corrected chi connectivity index (χ3v) is 3.44. The summed E-state index contributed by atoms with van der Waals surface area (Å²) in [6.45, 7) is 2.90. The lowest BCUT2D eigenvalue weighted by Crippen LogP contribution is -2.10. The Morgan fingerprint density at radius 1 is 1.28 bits per heavy atom. The summed E-state index contributed by atoms with van der Waals surface area (Å²) in [6, 6.07) is 7.94. The van der Waals surface area contributed by atoms with Gasteiger partial charge in [0.15, 0.2) is 0 Å². The van der Waals surface area contributed by atoms with Crippen LogP contribution >= 0.6 is 11.6 Å². The highest BCUT2D eigenvalue weighted by atomic mass is 35.5. The van der Waals surface area contributed by atoms with Crippen molar-refractivity contribution >= 4 is 11.6 Å². The van der Waals surface area contributed by atoms with Crippen molar-refractivity contribution < 1.29 is 0 Å². The third kappa shape index (κ3) is 2.74. The van der Waals surface area contributed by atoms with Crippen molar-refractivity contribution in [3.05, 3.63) is 52.1 Å². The SMILES string of the molecule is CNCc1nc(Cc2ccc(Cl)cc2)c(C)n1C. The largest absolute Gasteiger partial charge is 0.334 e. The summed E-state index contributed by atoms with van der Waals surface area (Å²) in [5.41, 5.74) is 3.58. The van der Waals surface area contributed by atoms with Gasteiger partial charge in [-0.05, 0) is 31.7 Å². The van der Waals surface area contributed by atoms with E-state index in [1.807, 2.05) is 31.3 Å². The third-order valence-electron chi connectivity index (χ3n) is 3.19. The van der Waals surface area contributed by atoms with Crippen molar-refractivity contribution in [3.8, 4) is 0 Å². The molecule has 0 atom stereocenters. The van der Waals surface area contributed by atoms with Crippen molar-refractivity contribution in [2.24, 2.45) is 7.05 Å². The summed E-state index contributed by atoms with van der Waals surface area (Å²) >= 11 is 5.89. The van der Waals surface area contributed by atoms with Crippen LogP contribution in [0.15, 0.2) is 24.3 Å². The van der Waals surface area contributed by atoms with E-state index in [1.165, 1.54) is 11.3 Å². The number of hydrogen-bond acceptors (Lipinski definition) is 2. The molecule has 0 radical (unpaired) electrons. The zero-order valence-corrected chi connectivity index (χ0v) is 11.8. The second-order valence-electron chi connectivity index (χ2n) is 4.45. The van der Waals surface area contributed by atoms with E-state index in [9.17, 15) is 0 Å². The molecule has 0 saturated carbocycles. The van der Waals surface area contributed by atoms with E-state index >= 15 is 0 Å². The predicted molar refractivity (Wildman–Crippen MR) is 75.0 cm³/mol. The summed E-state index contributed by atoms with van der Waals surface area (Å²) in [6.07, 6.45) is 0.848. The van der Waals surface area contributed by atoms with Crippen LogP contribution in [0.25, 0.3) is 0 Å². The van der Waals surface area contributed by atoms with Crippen LogP contribution in [0.1, 0.15) is 22.8 Å². The Labute approximate surface area is 113 Å². The molecule has 0 bridgehead atoms. The summed E-state index contributed by atoms with van der Waals surface area (Å²) in [5.74, 6) is 1.07. The van der Waals surface area contributed by atoms with Gasteiger partial charge in [0, 0.05) is 24.2 Å². The van der Waals surface area contributed by atoms with E-state index in [0.717, 1.165) is 29.5 Å². The minimum Gasteiger partial charge on any atom is -0.334 e. The summed E-state index contributed by atoms with van der Waals surface area (Å²) in [5, 5.41) is 3.91. The zero-order valence-electron chi connectivity index (χ0n) is 11.0. The molecule has 18 heavy (non-hydrogen) atoms. The van der Waals surface area contributed by atoms with E-state index in [1.54, 1.807) is 0 Å². The molecule has 0 aliphatic carbocycles. The molecule has 0 fully saturated rings. The number of nitrogens with one attached hydrogen (secondary N) is 1. The molecule has 0 amide bonds. The van der Waals surface area contributed by atoms with Gasteiger partial charge in [-0.3, -0.25) is 0 Å². The number of nitrogens with zero attached hydrogens (tertiary/aromatic N) is 2. The van der Waals surface area contributed by atoms with E-state index in [4.69, 9.17) is 11.6 Å². The number of halogens is 1. The molecule has 0 spiro atoms. The van der Waals surface area contributed by atoms with E-state index in [0.29, 0.717) is 0 Å². The van der Waals surface area contributed by atoms with E-state index in [2.05, 4.69) is 28.8 Å². The van der Waals surface area contributed by atoms with Crippen molar-refractivity contribution in [2.75, 3.05) is 7.05 Å². The van der Waals surface area contributed by atoms with Gasteiger partial charge < -0.3 is 9.88 Å². The normalized spacial score (nSPS) is 10.9. The van der Waals surface area contributed by atoms with Crippen LogP contribution < -0.4 is 5.32 Å². The average molecular weight is 264 g/mol. The molecule has 1 N–H and O–H groups in total. The zero-order chi connectivity index (χ0) is 13.1. The summed E-state index contributed by atoms with van der Waals surface area (Å²) < 4.78 is 2.14. The first-order valence-electron chi connectivity index (χ1n) is 6.02. The lowest BCUT2D eigenvalue weighted by molar-refractivity contribution is 0.700. The molecule has 96 valence electrons. The molecule has 1 aromatic heterocycles. The maximum atomic E-state index is 5.89. The lowest BCUT2D eigenvalue weighted by atomic mass is 10.1. The van der Waals surface area contributed by atoms with Crippen LogP contribution in [0.4, 0.5) is 0 Å². The summed E-state index contributed by atoms with van der Waals surface area (Å²) in [4.78, 5) is 4.68. The van der Waals surface area contributed by atoms with Gasteiger partial charge in [0.1, 0.15) is 5.82 Å². The number of benzene rings is 1. The highest BCUT2D eigenvalue weighted by Gasteiger charge is 2.10. The van der Waals surface area contributed by atoms with Gasteiger partial charge in [0.05, 0.1) is 12.2 Å². The monoisotopic (exact) mass is 263 g/mol. The van der Waals surface area contributed by atoms with Gasteiger partial charge in [-0.2, -0.15) is 0 Å². The molecule has 0 aliphatic heterocycles. The fourth-order valence-electron chi connectivity index (χ4n) is 1.98. The van der Waals surface area contributed by atoms with Crippen LogP contribution in [0.2, 0.25) is 5.02 Å². The Morgan fingerprint density at radius 3 is 2.56 bits per heavy atom. The van der Waals surface area contributed by atoms with Crippen molar-refractivity contribution in [1.29, 1.82) is 0 Å². The Balaban J connectivity index is 2.23. The van der Waals surface area contributed by atoms with Crippen molar-refractivity contribution in [2.45, 2.75) is 19.9 Å². The molecule has 2 rings (SSSR count).